The zero-order valence-electron chi connectivity index (χ0n) is 12.1. The van der Waals surface area contributed by atoms with E-state index in [9.17, 15) is 4.79 Å². The Morgan fingerprint density at radius 1 is 1.24 bits per heavy atom. The molecular weight excluding hydrogens is 330 g/mol. The van der Waals surface area contributed by atoms with Crippen molar-refractivity contribution in [2.45, 2.75) is 26.4 Å². The molecule has 21 heavy (non-hydrogen) atoms. The monoisotopic (exact) mass is 347 g/mol. The van der Waals surface area contributed by atoms with E-state index in [1.165, 1.54) is 0 Å². The van der Waals surface area contributed by atoms with Crippen LogP contribution in [0.2, 0.25) is 0 Å². The Kier molecular flexibility index (Phi) is 5.39. The van der Waals surface area contributed by atoms with Crippen LogP contribution in [0.25, 0.3) is 0 Å². The van der Waals surface area contributed by atoms with Crippen molar-refractivity contribution in [3.8, 4) is 5.75 Å². The number of carbonyl (C=O) groups is 1. The van der Waals surface area contributed by atoms with Crippen LogP contribution in [0.5, 0.6) is 5.75 Å². The highest BCUT2D eigenvalue weighted by Gasteiger charge is 2.18. The Balaban J connectivity index is 2.05. The number of nitrogens with one attached hydrogen (secondary N) is 1. The van der Waals surface area contributed by atoms with Gasteiger partial charge in [-0.2, -0.15) is 0 Å². The third kappa shape index (κ3) is 4.60. The van der Waals surface area contributed by atoms with E-state index in [0.29, 0.717) is 12.2 Å². The summed E-state index contributed by atoms with van der Waals surface area (Å²) >= 11 is 3.39. The molecule has 1 N–H and O–H groups in total. The Morgan fingerprint density at radius 2 is 2.00 bits per heavy atom. The van der Waals surface area contributed by atoms with Gasteiger partial charge in [0.1, 0.15) is 5.75 Å². The molecule has 2 aromatic rings. The van der Waals surface area contributed by atoms with Crippen LogP contribution < -0.4 is 10.1 Å². The highest BCUT2D eigenvalue weighted by Crippen LogP contribution is 2.18. The first-order valence-electron chi connectivity index (χ1n) is 6.88. The number of halogens is 1. The third-order valence-electron chi connectivity index (χ3n) is 3.02. The lowest BCUT2D eigenvalue weighted by atomic mass is 10.2. The van der Waals surface area contributed by atoms with Gasteiger partial charge in [-0.15, -0.1) is 0 Å². The van der Waals surface area contributed by atoms with Gasteiger partial charge in [-0.3, -0.25) is 4.79 Å². The summed E-state index contributed by atoms with van der Waals surface area (Å²) in [4.78, 5) is 12.3. The molecule has 0 heterocycles. The molecule has 0 aliphatic heterocycles. The number of hydrogen-bond acceptors (Lipinski definition) is 2. The fraction of sp³-hybridized carbons (Fsp3) is 0.235. The van der Waals surface area contributed by atoms with Crippen molar-refractivity contribution < 1.29 is 9.53 Å². The molecule has 110 valence electrons. The van der Waals surface area contributed by atoms with Gasteiger partial charge in [0, 0.05) is 10.2 Å². The molecule has 2 aromatic carbocycles. The van der Waals surface area contributed by atoms with E-state index in [4.69, 9.17) is 4.74 Å². The Bertz CT molecular complexity index is 628. The number of anilines is 1. The maximum Gasteiger partial charge on any atom is 0.265 e. The predicted molar refractivity (Wildman–Crippen MR) is 88.7 cm³/mol. The van der Waals surface area contributed by atoms with E-state index in [1.807, 2.05) is 62.4 Å². The largest absolute Gasteiger partial charge is 0.481 e. The molecule has 4 heteroatoms. The molecule has 0 spiro atoms. The number of rotatable bonds is 5. The molecule has 0 bridgehead atoms. The van der Waals surface area contributed by atoms with Gasteiger partial charge in [0.05, 0.1) is 0 Å². The van der Waals surface area contributed by atoms with Crippen molar-refractivity contribution in [3.63, 3.8) is 0 Å². The third-order valence-corrected chi connectivity index (χ3v) is 3.52. The molecule has 1 atom stereocenters. The molecule has 1 unspecified atom stereocenters. The minimum Gasteiger partial charge on any atom is -0.481 e. The van der Waals surface area contributed by atoms with Gasteiger partial charge >= 0.3 is 0 Å². The minimum absolute atomic E-state index is 0.142. The number of carbonyl (C=O) groups excluding carboxylic acids is 1. The number of amides is 1. The van der Waals surface area contributed by atoms with Crippen molar-refractivity contribution in [3.05, 3.63) is 58.6 Å². The second kappa shape index (κ2) is 7.27. The van der Waals surface area contributed by atoms with E-state index >= 15 is 0 Å². The fourth-order valence-corrected chi connectivity index (χ4v) is 2.36. The summed E-state index contributed by atoms with van der Waals surface area (Å²) in [6.45, 7) is 3.93. The van der Waals surface area contributed by atoms with Crippen LogP contribution in [0.3, 0.4) is 0 Å². The van der Waals surface area contributed by atoms with Crippen LogP contribution in [0, 0.1) is 6.92 Å². The minimum atomic E-state index is -0.509. The average molecular weight is 348 g/mol. The van der Waals surface area contributed by atoms with Crippen molar-refractivity contribution in [1.82, 2.24) is 0 Å². The lowest BCUT2D eigenvalue weighted by molar-refractivity contribution is -0.122. The highest BCUT2D eigenvalue weighted by molar-refractivity contribution is 9.10. The fourth-order valence-electron chi connectivity index (χ4n) is 1.96. The standard InChI is InChI=1S/C17H18BrNO2/c1-3-16(21-15-9-4-6-12(2)10-15)17(20)19-14-8-5-7-13(18)11-14/h4-11,16H,3H2,1-2H3,(H,19,20). The maximum atomic E-state index is 12.3. The number of ether oxygens (including phenoxy) is 1. The molecule has 0 saturated heterocycles. The summed E-state index contributed by atoms with van der Waals surface area (Å²) in [6.07, 6.45) is 0.0964. The molecule has 0 aliphatic carbocycles. The smallest absolute Gasteiger partial charge is 0.265 e. The predicted octanol–water partition coefficient (Wildman–Crippen LogP) is 4.55. The first-order valence-corrected chi connectivity index (χ1v) is 7.67. The topological polar surface area (TPSA) is 38.3 Å². The molecule has 1 amide bonds. The van der Waals surface area contributed by atoms with Crippen molar-refractivity contribution in [2.75, 3.05) is 5.32 Å². The van der Waals surface area contributed by atoms with Gasteiger partial charge in [-0.1, -0.05) is 41.1 Å². The Morgan fingerprint density at radius 3 is 2.67 bits per heavy atom. The van der Waals surface area contributed by atoms with E-state index < -0.39 is 6.10 Å². The SMILES string of the molecule is CCC(Oc1cccc(C)c1)C(=O)Nc1cccc(Br)c1. The summed E-state index contributed by atoms with van der Waals surface area (Å²) in [7, 11) is 0. The van der Waals surface area contributed by atoms with Crippen LogP contribution in [0.4, 0.5) is 5.69 Å². The van der Waals surface area contributed by atoms with Crippen LogP contribution in [-0.2, 0) is 4.79 Å². The lowest BCUT2D eigenvalue weighted by Gasteiger charge is -2.17. The van der Waals surface area contributed by atoms with Crippen LogP contribution in [0.15, 0.2) is 53.0 Å². The average Bonchev–Trinajstić information content (AvgIpc) is 2.44. The molecule has 0 radical (unpaired) electrons. The number of hydrogen-bond donors (Lipinski definition) is 1. The van der Waals surface area contributed by atoms with Gasteiger partial charge in [-0.05, 0) is 49.2 Å². The Labute approximate surface area is 133 Å². The summed E-state index contributed by atoms with van der Waals surface area (Å²) < 4.78 is 6.71. The first kappa shape index (κ1) is 15.6. The van der Waals surface area contributed by atoms with E-state index in [-0.39, 0.29) is 5.91 Å². The molecular formula is C17H18BrNO2. The molecule has 0 fully saturated rings. The zero-order valence-corrected chi connectivity index (χ0v) is 13.7. The summed E-state index contributed by atoms with van der Waals surface area (Å²) in [5, 5.41) is 2.87. The molecule has 3 nitrogen and oxygen atoms in total. The first-order chi connectivity index (χ1) is 10.1. The van der Waals surface area contributed by atoms with E-state index in [1.54, 1.807) is 0 Å². The van der Waals surface area contributed by atoms with Gasteiger partial charge in [0.15, 0.2) is 6.10 Å². The number of benzene rings is 2. The summed E-state index contributed by atoms with van der Waals surface area (Å²) in [6, 6.07) is 15.2. The summed E-state index contributed by atoms with van der Waals surface area (Å²) in [5.41, 5.74) is 1.86. The van der Waals surface area contributed by atoms with Crippen LogP contribution >= 0.6 is 15.9 Å². The molecule has 2 rings (SSSR count). The molecule has 0 saturated carbocycles. The summed E-state index contributed by atoms with van der Waals surface area (Å²) in [5.74, 6) is 0.573. The maximum absolute atomic E-state index is 12.3. The lowest BCUT2D eigenvalue weighted by Crippen LogP contribution is -2.32. The highest BCUT2D eigenvalue weighted by atomic mass is 79.9. The molecule has 0 aliphatic rings. The Hall–Kier alpha value is -1.81. The number of aryl methyl sites for hydroxylation is 1. The van der Waals surface area contributed by atoms with Gasteiger partial charge in [0.2, 0.25) is 0 Å². The van der Waals surface area contributed by atoms with Gasteiger partial charge in [0.25, 0.3) is 5.91 Å². The van der Waals surface area contributed by atoms with Crippen molar-refractivity contribution >= 4 is 27.5 Å². The quantitative estimate of drug-likeness (QED) is 0.861. The van der Waals surface area contributed by atoms with Crippen molar-refractivity contribution in [2.24, 2.45) is 0 Å². The zero-order chi connectivity index (χ0) is 15.2. The van der Waals surface area contributed by atoms with Crippen LogP contribution in [-0.4, -0.2) is 12.0 Å². The van der Waals surface area contributed by atoms with Crippen molar-refractivity contribution in [1.29, 1.82) is 0 Å². The van der Waals surface area contributed by atoms with E-state index in [0.717, 1.165) is 15.7 Å². The van der Waals surface area contributed by atoms with Gasteiger partial charge in [-0.25, -0.2) is 0 Å². The van der Waals surface area contributed by atoms with Crippen LogP contribution in [0.1, 0.15) is 18.9 Å². The second-order valence-electron chi connectivity index (χ2n) is 4.83. The normalized spacial score (nSPS) is 11.8. The van der Waals surface area contributed by atoms with Gasteiger partial charge < -0.3 is 10.1 Å². The second-order valence-corrected chi connectivity index (χ2v) is 5.75. The van der Waals surface area contributed by atoms with E-state index in [2.05, 4.69) is 21.2 Å². The molecule has 0 aromatic heterocycles.